The van der Waals surface area contributed by atoms with Crippen LogP contribution in [0.5, 0.6) is 0 Å². The molecule has 2 aliphatic rings. The summed E-state index contributed by atoms with van der Waals surface area (Å²) in [5.74, 6) is 0.802. The molecule has 0 N–H and O–H groups in total. The number of hydrogen-bond donors (Lipinski definition) is 0. The first-order valence-electron chi connectivity index (χ1n) is 7.52. The maximum Gasteiger partial charge on any atom is 0.367 e. The summed E-state index contributed by atoms with van der Waals surface area (Å²) in [7, 11) is 1.51. The van der Waals surface area contributed by atoms with Crippen molar-refractivity contribution in [2.24, 2.45) is 5.92 Å². The molecule has 1 saturated carbocycles. The van der Waals surface area contributed by atoms with Gasteiger partial charge in [0.05, 0.1) is 0 Å². The lowest BCUT2D eigenvalue weighted by Gasteiger charge is -2.39. The van der Waals surface area contributed by atoms with Crippen LogP contribution in [0.15, 0.2) is 0 Å². The third-order valence-corrected chi connectivity index (χ3v) is 8.62. The maximum atomic E-state index is 5.98. The van der Waals surface area contributed by atoms with E-state index in [4.69, 9.17) is 13.6 Å². The van der Waals surface area contributed by atoms with E-state index in [0.717, 1.165) is 25.0 Å². The van der Waals surface area contributed by atoms with Gasteiger partial charge < -0.3 is 13.6 Å². The molecular formula is C14H28O3Si. The monoisotopic (exact) mass is 272 g/mol. The van der Waals surface area contributed by atoms with Crippen molar-refractivity contribution < 1.29 is 13.6 Å². The minimum atomic E-state index is -2.15. The Bertz CT molecular complexity index is 231. The van der Waals surface area contributed by atoms with Crippen LogP contribution in [-0.4, -0.2) is 35.1 Å². The van der Waals surface area contributed by atoms with Gasteiger partial charge in [0, 0.05) is 20.8 Å². The zero-order valence-corrected chi connectivity index (χ0v) is 13.0. The second-order valence-electron chi connectivity index (χ2n) is 5.78. The van der Waals surface area contributed by atoms with Crippen LogP contribution in [-0.2, 0) is 13.6 Å². The van der Waals surface area contributed by atoms with E-state index < -0.39 is 8.56 Å². The van der Waals surface area contributed by atoms with Crippen molar-refractivity contribution in [3.05, 3.63) is 0 Å². The van der Waals surface area contributed by atoms with Gasteiger partial charge in [-0.25, -0.2) is 0 Å². The molecule has 0 amide bonds. The summed E-state index contributed by atoms with van der Waals surface area (Å²) in [6.07, 6.45) is 10.5. The Morgan fingerprint density at radius 2 is 1.61 bits per heavy atom. The van der Waals surface area contributed by atoms with E-state index in [9.17, 15) is 0 Å². The largest absolute Gasteiger partial charge is 0.396 e. The molecule has 1 aliphatic carbocycles. The molecule has 1 heterocycles. The van der Waals surface area contributed by atoms with Crippen LogP contribution in [0.1, 0.15) is 51.4 Å². The Morgan fingerprint density at radius 1 is 0.944 bits per heavy atom. The maximum absolute atomic E-state index is 5.98. The van der Waals surface area contributed by atoms with E-state index in [2.05, 4.69) is 0 Å². The number of hydrogen-bond acceptors (Lipinski definition) is 3. The highest BCUT2D eigenvalue weighted by molar-refractivity contribution is 6.68. The van der Waals surface area contributed by atoms with Gasteiger partial charge in [-0.05, 0) is 31.2 Å². The number of rotatable bonds is 5. The molecule has 106 valence electrons. The minimum absolute atomic E-state index is 0.253. The smallest absolute Gasteiger partial charge is 0.367 e. The lowest BCUT2D eigenvalue weighted by atomic mass is 9.91. The Hall–Kier alpha value is 0.0969. The predicted octanol–water partition coefficient (Wildman–Crippen LogP) is 3.41. The summed E-state index contributed by atoms with van der Waals surface area (Å²) in [5, 5.41) is 0. The van der Waals surface area contributed by atoms with Crippen LogP contribution in [0.2, 0.25) is 6.04 Å². The van der Waals surface area contributed by atoms with Crippen LogP contribution < -0.4 is 0 Å². The Morgan fingerprint density at radius 3 is 2.17 bits per heavy atom. The van der Waals surface area contributed by atoms with Crippen molar-refractivity contribution >= 4 is 8.56 Å². The second-order valence-corrected chi connectivity index (χ2v) is 9.28. The first-order chi connectivity index (χ1) is 8.80. The van der Waals surface area contributed by atoms with E-state index in [1.54, 1.807) is 0 Å². The summed E-state index contributed by atoms with van der Waals surface area (Å²) in [5.41, 5.74) is 0.253. The molecule has 1 unspecified atom stereocenters. The third kappa shape index (κ3) is 3.35. The predicted molar refractivity (Wildman–Crippen MR) is 74.7 cm³/mol. The van der Waals surface area contributed by atoms with Gasteiger partial charge in [-0.1, -0.05) is 32.1 Å². The Labute approximate surface area is 112 Å². The topological polar surface area (TPSA) is 27.7 Å². The van der Waals surface area contributed by atoms with Gasteiger partial charge in [-0.2, -0.15) is 0 Å². The highest BCUT2D eigenvalue weighted by Gasteiger charge is 2.47. The molecule has 3 nitrogen and oxygen atoms in total. The normalized spacial score (nSPS) is 27.3. The van der Waals surface area contributed by atoms with Crippen molar-refractivity contribution in [1.82, 2.24) is 0 Å². The molecule has 0 bridgehead atoms. The fourth-order valence-corrected chi connectivity index (χ4v) is 7.04. The summed E-state index contributed by atoms with van der Waals surface area (Å²) in [6, 6.07) is 1.13. The van der Waals surface area contributed by atoms with Crippen molar-refractivity contribution in [3.63, 3.8) is 0 Å². The fraction of sp³-hybridized carbons (Fsp3) is 1.00. The highest BCUT2D eigenvalue weighted by atomic mass is 28.4. The molecule has 18 heavy (non-hydrogen) atoms. The summed E-state index contributed by atoms with van der Waals surface area (Å²) in [6.45, 7) is 0.886. The average Bonchev–Trinajstić information content (AvgIpc) is 2.47. The second kappa shape index (κ2) is 7.03. The minimum Gasteiger partial charge on any atom is -0.396 e. The SMILES string of the molecule is CO[Si](CC1CCCCC1)(OC)C1CCCCO1. The van der Waals surface area contributed by atoms with Gasteiger partial charge in [-0.3, -0.25) is 0 Å². The lowest BCUT2D eigenvalue weighted by Crippen LogP contribution is -2.55. The molecule has 1 aliphatic heterocycles. The van der Waals surface area contributed by atoms with E-state index in [1.165, 1.54) is 44.9 Å². The standard InChI is InChI=1S/C14H28O3Si/c1-15-18(16-2,14-10-6-7-11-17-14)12-13-8-4-3-5-9-13/h13-14H,3-12H2,1-2H3. The quantitative estimate of drug-likeness (QED) is 0.718. The molecule has 0 aromatic rings. The van der Waals surface area contributed by atoms with Crippen molar-refractivity contribution in [1.29, 1.82) is 0 Å². The first kappa shape index (κ1) is 14.5. The van der Waals surface area contributed by atoms with Gasteiger partial charge in [0.1, 0.15) is 5.73 Å². The Kier molecular flexibility index (Phi) is 5.67. The molecular weight excluding hydrogens is 244 g/mol. The lowest BCUT2D eigenvalue weighted by molar-refractivity contribution is 0.0239. The fourth-order valence-electron chi connectivity index (χ4n) is 3.53. The summed E-state index contributed by atoms with van der Waals surface area (Å²) in [4.78, 5) is 0. The van der Waals surface area contributed by atoms with E-state index in [0.29, 0.717) is 0 Å². The van der Waals surface area contributed by atoms with Gasteiger partial charge in [0.2, 0.25) is 0 Å². The van der Waals surface area contributed by atoms with E-state index >= 15 is 0 Å². The highest BCUT2D eigenvalue weighted by Crippen LogP contribution is 2.35. The summed E-state index contributed by atoms with van der Waals surface area (Å²) < 4.78 is 17.8. The molecule has 1 saturated heterocycles. The number of ether oxygens (including phenoxy) is 1. The molecule has 0 aromatic heterocycles. The first-order valence-corrected chi connectivity index (χ1v) is 9.63. The van der Waals surface area contributed by atoms with Crippen molar-refractivity contribution in [2.45, 2.75) is 63.1 Å². The molecule has 0 spiro atoms. The van der Waals surface area contributed by atoms with Crippen molar-refractivity contribution in [3.8, 4) is 0 Å². The van der Waals surface area contributed by atoms with E-state index in [1.807, 2.05) is 14.2 Å². The van der Waals surface area contributed by atoms with Gasteiger partial charge in [-0.15, -0.1) is 0 Å². The molecule has 2 rings (SSSR count). The van der Waals surface area contributed by atoms with Crippen LogP contribution in [0.3, 0.4) is 0 Å². The van der Waals surface area contributed by atoms with Crippen molar-refractivity contribution in [2.75, 3.05) is 20.8 Å². The molecule has 1 atom stereocenters. The van der Waals surface area contributed by atoms with Crippen LogP contribution in [0, 0.1) is 5.92 Å². The molecule has 2 fully saturated rings. The van der Waals surface area contributed by atoms with Crippen LogP contribution >= 0.6 is 0 Å². The zero-order chi connectivity index (χ0) is 12.8. The van der Waals surface area contributed by atoms with E-state index in [-0.39, 0.29) is 5.73 Å². The molecule has 0 aromatic carbocycles. The zero-order valence-electron chi connectivity index (χ0n) is 12.0. The molecule has 0 radical (unpaired) electrons. The van der Waals surface area contributed by atoms with Gasteiger partial charge in [0.15, 0.2) is 0 Å². The molecule has 4 heteroatoms. The van der Waals surface area contributed by atoms with Gasteiger partial charge in [0.25, 0.3) is 0 Å². The third-order valence-electron chi connectivity index (χ3n) is 4.66. The van der Waals surface area contributed by atoms with Crippen LogP contribution in [0.25, 0.3) is 0 Å². The van der Waals surface area contributed by atoms with Crippen LogP contribution in [0.4, 0.5) is 0 Å². The van der Waals surface area contributed by atoms with Gasteiger partial charge >= 0.3 is 8.56 Å². The average molecular weight is 272 g/mol. The Balaban J connectivity index is 1.99. The summed E-state index contributed by atoms with van der Waals surface area (Å²) >= 11 is 0.